The standard InChI is InChI=1S/C17H17N5O6S4/c1-28-17(20-10(23)7-32(27)11-3-2-4-29-11)14(26)22-12(13(24)25)9(5-30-15(17)22)6-31-16-18-8-19-21-16/h2-4,8,15H,5-7H2,1H3,(H,20,23)(H,24,25)(H,18,19,21)/t15-,17-,32?/m0/s1. The van der Waals surface area contributed by atoms with E-state index >= 15 is 0 Å². The number of hydrogen-bond acceptors (Lipinski definition) is 10. The van der Waals surface area contributed by atoms with Gasteiger partial charge in [0.05, 0.1) is 15.0 Å². The van der Waals surface area contributed by atoms with Gasteiger partial charge in [-0.05, 0) is 17.0 Å². The van der Waals surface area contributed by atoms with Gasteiger partial charge >= 0.3 is 5.97 Å². The summed E-state index contributed by atoms with van der Waals surface area (Å²) in [6, 6.07) is 3.39. The summed E-state index contributed by atoms with van der Waals surface area (Å²) in [4.78, 5) is 42.7. The fourth-order valence-electron chi connectivity index (χ4n) is 3.30. The van der Waals surface area contributed by atoms with Gasteiger partial charge in [0.25, 0.3) is 11.6 Å². The second-order valence-electron chi connectivity index (χ2n) is 6.59. The molecule has 0 aliphatic carbocycles. The number of nitrogens with one attached hydrogen (secondary N) is 2. The van der Waals surface area contributed by atoms with Crippen LogP contribution >= 0.6 is 34.9 Å². The van der Waals surface area contributed by atoms with Crippen LogP contribution in [0.1, 0.15) is 0 Å². The maximum Gasteiger partial charge on any atom is 0.352 e. The van der Waals surface area contributed by atoms with E-state index in [2.05, 4.69) is 20.5 Å². The number of carboxylic acids is 1. The van der Waals surface area contributed by atoms with E-state index in [4.69, 9.17) is 4.74 Å². The van der Waals surface area contributed by atoms with Crippen LogP contribution in [0.5, 0.6) is 0 Å². The Morgan fingerprint density at radius 1 is 1.53 bits per heavy atom. The Balaban J connectivity index is 1.50. The lowest BCUT2D eigenvalue weighted by Gasteiger charge is -2.55. The van der Waals surface area contributed by atoms with E-state index in [1.54, 1.807) is 17.5 Å². The molecule has 0 radical (unpaired) electrons. The number of ether oxygens (including phenoxy) is 1. The lowest BCUT2D eigenvalue weighted by Crippen LogP contribution is -2.80. The van der Waals surface area contributed by atoms with Gasteiger partial charge in [-0.1, -0.05) is 17.8 Å². The summed E-state index contributed by atoms with van der Waals surface area (Å²) in [6.45, 7) is 0. The number of carbonyl (C=O) groups excluding carboxylic acids is 2. The van der Waals surface area contributed by atoms with Crippen LogP contribution in [0.15, 0.2) is 44.5 Å². The van der Waals surface area contributed by atoms with Gasteiger partial charge in [0.1, 0.15) is 23.2 Å². The molecule has 0 aromatic carbocycles. The van der Waals surface area contributed by atoms with Gasteiger partial charge in [-0.2, -0.15) is 5.10 Å². The molecule has 4 heterocycles. The van der Waals surface area contributed by atoms with Crippen molar-refractivity contribution in [1.29, 1.82) is 0 Å². The Bertz CT molecular complexity index is 1090. The summed E-state index contributed by atoms with van der Waals surface area (Å²) in [5, 5.41) is 20.3. The number of hydrogen-bond donors (Lipinski definition) is 3. The lowest BCUT2D eigenvalue weighted by atomic mass is 9.98. The first-order valence-corrected chi connectivity index (χ1v) is 13.3. The number of amides is 2. The number of thioether (sulfide) groups is 2. The summed E-state index contributed by atoms with van der Waals surface area (Å²) in [5.74, 6) is -2.28. The monoisotopic (exact) mass is 515 g/mol. The predicted molar refractivity (Wildman–Crippen MR) is 118 cm³/mol. The van der Waals surface area contributed by atoms with Crippen LogP contribution in [0.3, 0.4) is 0 Å². The number of aromatic amines is 1. The molecule has 2 aliphatic heterocycles. The number of fused-ring (bicyclic) bond motifs is 1. The fraction of sp³-hybridized carbons (Fsp3) is 0.353. The highest BCUT2D eigenvalue weighted by Gasteiger charge is 2.66. The van der Waals surface area contributed by atoms with Crippen molar-refractivity contribution in [3.63, 3.8) is 0 Å². The molecular formula is C17H17N5O6S4. The van der Waals surface area contributed by atoms with Crippen LogP contribution in [0.25, 0.3) is 0 Å². The van der Waals surface area contributed by atoms with Crippen LogP contribution < -0.4 is 5.32 Å². The zero-order valence-corrected chi connectivity index (χ0v) is 19.7. The van der Waals surface area contributed by atoms with Crippen molar-refractivity contribution in [1.82, 2.24) is 25.4 Å². The van der Waals surface area contributed by atoms with Gasteiger partial charge in [0.2, 0.25) is 5.91 Å². The number of nitrogens with zero attached hydrogens (tertiary/aromatic N) is 3. The number of β-lactam (4-membered cyclic amide) rings is 1. The third-order valence-corrected chi connectivity index (χ3v) is 9.67. The summed E-state index contributed by atoms with van der Waals surface area (Å²) in [7, 11) is -0.287. The maximum atomic E-state index is 13.1. The van der Waals surface area contributed by atoms with Gasteiger partial charge in [0, 0.05) is 18.6 Å². The average Bonchev–Trinajstić information content (AvgIpc) is 3.49. The highest BCUT2D eigenvalue weighted by atomic mass is 32.2. The number of carboxylic acid groups (broad SMARTS) is 1. The summed E-state index contributed by atoms with van der Waals surface area (Å²) in [5.41, 5.74) is -1.30. The Hall–Kier alpha value is -2.20. The third kappa shape index (κ3) is 4.10. The molecule has 2 aromatic heterocycles. The first-order chi connectivity index (χ1) is 15.4. The van der Waals surface area contributed by atoms with Gasteiger partial charge in [-0.3, -0.25) is 23.8 Å². The molecule has 11 nitrogen and oxygen atoms in total. The first kappa shape index (κ1) is 23.0. The van der Waals surface area contributed by atoms with Crippen molar-refractivity contribution in [3.8, 4) is 0 Å². The molecule has 3 N–H and O–H groups in total. The number of carbonyl (C=O) groups is 3. The van der Waals surface area contributed by atoms with E-state index < -0.39 is 39.7 Å². The molecule has 3 atom stereocenters. The smallest absolute Gasteiger partial charge is 0.352 e. The summed E-state index contributed by atoms with van der Waals surface area (Å²) in [6.07, 6.45) is 1.35. The molecule has 4 rings (SSSR count). The minimum absolute atomic E-state index is 0.130. The van der Waals surface area contributed by atoms with Crippen molar-refractivity contribution < 1.29 is 28.4 Å². The van der Waals surface area contributed by atoms with Crippen molar-refractivity contribution >= 4 is 63.4 Å². The summed E-state index contributed by atoms with van der Waals surface area (Å²) < 4.78 is 18.3. The van der Waals surface area contributed by atoms with Gasteiger partial charge in [-0.25, -0.2) is 9.78 Å². The Labute approximate surface area is 196 Å². The molecule has 2 aromatic rings. The van der Waals surface area contributed by atoms with Crippen molar-refractivity contribution in [2.45, 2.75) is 20.5 Å². The number of aromatic nitrogens is 3. The highest BCUT2D eigenvalue weighted by molar-refractivity contribution is 8.01. The Morgan fingerprint density at radius 2 is 2.34 bits per heavy atom. The molecule has 0 spiro atoms. The largest absolute Gasteiger partial charge is 0.477 e. The van der Waals surface area contributed by atoms with Gasteiger partial charge in [0.15, 0.2) is 5.16 Å². The van der Waals surface area contributed by atoms with Crippen LogP contribution in [-0.2, 0) is 29.9 Å². The Kier molecular flexibility index (Phi) is 6.71. The third-order valence-electron chi connectivity index (χ3n) is 4.72. The number of rotatable bonds is 9. The lowest BCUT2D eigenvalue weighted by molar-refractivity contribution is -0.192. The molecule has 0 saturated carbocycles. The molecule has 15 heteroatoms. The molecule has 2 aliphatic rings. The van der Waals surface area contributed by atoms with E-state index in [1.165, 1.54) is 48.3 Å². The molecular weight excluding hydrogens is 498 g/mol. The first-order valence-electron chi connectivity index (χ1n) is 9.04. The second-order valence-corrected chi connectivity index (χ2v) is 11.2. The van der Waals surface area contributed by atoms with Gasteiger partial charge < -0.3 is 15.2 Å². The van der Waals surface area contributed by atoms with Crippen LogP contribution in [0.4, 0.5) is 0 Å². The second kappa shape index (κ2) is 9.35. The van der Waals surface area contributed by atoms with Crippen LogP contribution in [0, 0.1) is 0 Å². The zero-order valence-electron chi connectivity index (χ0n) is 16.5. The van der Waals surface area contributed by atoms with E-state index in [-0.39, 0.29) is 11.4 Å². The zero-order chi connectivity index (χ0) is 22.9. The topological polar surface area (TPSA) is 155 Å². The normalized spacial score (nSPS) is 23.5. The van der Waals surface area contributed by atoms with Crippen LogP contribution in [0.2, 0.25) is 0 Å². The number of methoxy groups -OCH3 is 1. The maximum absolute atomic E-state index is 13.1. The average molecular weight is 516 g/mol. The van der Waals surface area contributed by atoms with Crippen molar-refractivity contribution in [2.75, 3.05) is 24.4 Å². The molecule has 1 saturated heterocycles. The molecule has 0 bridgehead atoms. The van der Waals surface area contributed by atoms with Gasteiger partial charge in [-0.15, -0.1) is 23.1 Å². The molecule has 1 fully saturated rings. The number of thiophene rings is 1. The van der Waals surface area contributed by atoms with Crippen LogP contribution in [-0.4, -0.2) is 82.6 Å². The predicted octanol–water partition coefficient (Wildman–Crippen LogP) is 0.479. The molecule has 1 unspecified atom stereocenters. The minimum Gasteiger partial charge on any atom is -0.477 e. The number of H-pyrrole nitrogens is 1. The van der Waals surface area contributed by atoms with E-state index in [0.29, 0.717) is 26.4 Å². The number of aliphatic carboxylic acids is 1. The van der Waals surface area contributed by atoms with E-state index in [9.17, 15) is 23.7 Å². The highest BCUT2D eigenvalue weighted by Crippen LogP contribution is 2.47. The molecule has 32 heavy (non-hydrogen) atoms. The molecule has 2 amide bonds. The quantitative estimate of drug-likeness (QED) is 0.244. The van der Waals surface area contributed by atoms with E-state index in [1.807, 2.05) is 0 Å². The van der Waals surface area contributed by atoms with Crippen molar-refractivity contribution in [2.24, 2.45) is 0 Å². The summed E-state index contributed by atoms with van der Waals surface area (Å²) >= 11 is 3.82. The Morgan fingerprint density at radius 3 is 2.97 bits per heavy atom. The fourth-order valence-corrected chi connectivity index (χ4v) is 7.56. The minimum atomic E-state index is -1.72. The SMILES string of the molecule is CO[C@@]1(NC(=O)CS(=O)c2cccs2)C(=O)N2C(C(=O)O)=C(CSc3ncn[nH]3)CS[C@H]21. The van der Waals surface area contributed by atoms with E-state index in [0.717, 1.165) is 4.90 Å². The van der Waals surface area contributed by atoms with Crippen molar-refractivity contribution in [3.05, 3.63) is 35.1 Å². The molecule has 170 valence electrons.